The Kier molecular flexibility index (Phi) is 6.95. The third kappa shape index (κ3) is 6.22. The van der Waals surface area contributed by atoms with Crippen molar-refractivity contribution < 1.29 is 23.1 Å². The molecule has 20 heavy (non-hydrogen) atoms. The van der Waals surface area contributed by atoms with Crippen LogP contribution in [0.5, 0.6) is 0 Å². The van der Waals surface area contributed by atoms with Crippen molar-refractivity contribution in [2.75, 3.05) is 26.2 Å². The quantitative estimate of drug-likeness (QED) is 0.785. The molecule has 0 amide bonds. The van der Waals surface area contributed by atoms with Gasteiger partial charge in [0.15, 0.2) is 0 Å². The summed E-state index contributed by atoms with van der Waals surface area (Å²) in [5.74, 6) is 0.209. The van der Waals surface area contributed by atoms with Crippen molar-refractivity contribution in [3.63, 3.8) is 0 Å². The minimum Gasteiger partial charge on any atom is -0.395 e. The molecule has 0 heterocycles. The number of alkyl halides is 3. The lowest BCUT2D eigenvalue weighted by Crippen LogP contribution is -2.42. The fourth-order valence-electron chi connectivity index (χ4n) is 2.99. The number of carbonyl (C=O) groups excluding carboxylic acids is 1. The smallest absolute Gasteiger partial charge is 0.395 e. The van der Waals surface area contributed by atoms with Crippen LogP contribution in [-0.4, -0.2) is 48.2 Å². The van der Waals surface area contributed by atoms with E-state index in [0.29, 0.717) is 18.8 Å². The lowest BCUT2D eigenvalue weighted by atomic mass is 9.78. The number of carbonyl (C=O) groups is 1. The number of rotatable bonds is 7. The summed E-state index contributed by atoms with van der Waals surface area (Å²) < 4.78 is 37.4. The highest BCUT2D eigenvalue weighted by molar-refractivity contribution is 5.81. The summed E-state index contributed by atoms with van der Waals surface area (Å²) in [7, 11) is 0. The Bertz CT molecular complexity index is 307. The summed E-state index contributed by atoms with van der Waals surface area (Å²) in [4.78, 5) is 13.0. The van der Waals surface area contributed by atoms with Crippen LogP contribution in [0.15, 0.2) is 0 Å². The Balaban J connectivity index is 2.58. The van der Waals surface area contributed by atoms with Crippen molar-refractivity contribution in [2.45, 2.75) is 45.2 Å². The molecule has 0 aromatic heterocycles. The third-order valence-electron chi connectivity index (χ3n) is 3.87. The summed E-state index contributed by atoms with van der Waals surface area (Å²) >= 11 is 0. The largest absolute Gasteiger partial charge is 0.401 e. The number of aliphatic hydroxyl groups excluding tert-OH is 1. The van der Waals surface area contributed by atoms with Gasteiger partial charge in [0.2, 0.25) is 0 Å². The van der Waals surface area contributed by atoms with E-state index in [9.17, 15) is 18.0 Å². The Morgan fingerprint density at radius 2 is 2.10 bits per heavy atom. The predicted molar refractivity (Wildman–Crippen MR) is 70.3 cm³/mol. The lowest BCUT2D eigenvalue weighted by molar-refractivity contribution is -0.150. The molecule has 1 fully saturated rings. The Labute approximate surface area is 118 Å². The number of aliphatic hydroxyl groups is 1. The zero-order valence-corrected chi connectivity index (χ0v) is 12.0. The van der Waals surface area contributed by atoms with E-state index in [0.717, 1.165) is 24.2 Å². The standard InChI is InChI=1S/C14H24F3NO2/c1-2-3-11-4-5-13(20)12(8-11)9-18(6-7-19)10-14(15,16)17/h11-12,19H,2-10H2,1H3. The fourth-order valence-corrected chi connectivity index (χ4v) is 2.99. The molecule has 0 bridgehead atoms. The van der Waals surface area contributed by atoms with Crippen LogP contribution in [0.4, 0.5) is 13.2 Å². The number of Topliss-reactive ketones (excluding diaryl/α,β-unsaturated/α-hetero) is 1. The van der Waals surface area contributed by atoms with Crippen LogP contribution in [0, 0.1) is 11.8 Å². The molecule has 2 atom stereocenters. The number of nitrogens with zero attached hydrogens (tertiary/aromatic N) is 1. The van der Waals surface area contributed by atoms with Gasteiger partial charge in [-0.1, -0.05) is 19.8 Å². The van der Waals surface area contributed by atoms with Crippen molar-refractivity contribution in [3.8, 4) is 0 Å². The number of ketones is 1. The molecular formula is C14H24F3NO2. The Hall–Kier alpha value is -0.620. The molecule has 1 aliphatic carbocycles. The molecule has 2 unspecified atom stereocenters. The van der Waals surface area contributed by atoms with Crippen LogP contribution in [-0.2, 0) is 4.79 Å². The van der Waals surface area contributed by atoms with Gasteiger partial charge in [-0.25, -0.2) is 0 Å². The summed E-state index contributed by atoms with van der Waals surface area (Å²) in [6.07, 6.45) is -0.198. The first kappa shape index (κ1) is 17.4. The molecule has 0 spiro atoms. The van der Waals surface area contributed by atoms with Crippen LogP contribution >= 0.6 is 0 Å². The Morgan fingerprint density at radius 3 is 2.65 bits per heavy atom. The van der Waals surface area contributed by atoms with E-state index in [-0.39, 0.29) is 31.4 Å². The van der Waals surface area contributed by atoms with Gasteiger partial charge in [0.25, 0.3) is 0 Å². The van der Waals surface area contributed by atoms with Crippen LogP contribution in [0.3, 0.4) is 0 Å². The van der Waals surface area contributed by atoms with E-state index >= 15 is 0 Å². The van der Waals surface area contributed by atoms with Gasteiger partial charge in [-0.15, -0.1) is 0 Å². The van der Waals surface area contributed by atoms with Crippen molar-refractivity contribution in [1.29, 1.82) is 0 Å². The van der Waals surface area contributed by atoms with Gasteiger partial charge < -0.3 is 5.11 Å². The second-order valence-electron chi connectivity index (χ2n) is 5.67. The third-order valence-corrected chi connectivity index (χ3v) is 3.87. The molecule has 118 valence electrons. The molecule has 0 aromatic carbocycles. The number of hydrogen-bond donors (Lipinski definition) is 1. The molecule has 0 aromatic rings. The highest BCUT2D eigenvalue weighted by Crippen LogP contribution is 2.30. The first-order valence-electron chi connectivity index (χ1n) is 7.28. The molecular weight excluding hydrogens is 271 g/mol. The van der Waals surface area contributed by atoms with Gasteiger partial charge in [0, 0.05) is 25.4 Å². The Morgan fingerprint density at radius 1 is 1.40 bits per heavy atom. The van der Waals surface area contributed by atoms with Crippen LogP contribution < -0.4 is 0 Å². The first-order valence-corrected chi connectivity index (χ1v) is 7.28. The molecule has 3 nitrogen and oxygen atoms in total. The molecule has 1 rings (SSSR count). The van der Waals surface area contributed by atoms with E-state index in [1.165, 1.54) is 0 Å². The van der Waals surface area contributed by atoms with Gasteiger partial charge in [-0.05, 0) is 18.8 Å². The molecule has 1 aliphatic rings. The molecule has 0 aliphatic heterocycles. The van der Waals surface area contributed by atoms with Crippen molar-refractivity contribution >= 4 is 5.78 Å². The van der Waals surface area contributed by atoms with E-state index < -0.39 is 12.7 Å². The summed E-state index contributed by atoms with van der Waals surface area (Å²) in [6.45, 7) is 0.763. The maximum Gasteiger partial charge on any atom is 0.401 e. The summed E-state index contributed by atoms with van der Waals surface area (Å²) in [6, 6.07) is 0. The highest BCUT2D eigenvalue weighted by Gasteiger charge is 2.34. The normalized spacial score (nSPS) is 24.4. The molecule has 0 radical (unpaired) electrons. The van der Waals surface area contributed by atoms with Gasteiger partial charge in [-0.3, -0.25) is 9.69 Å². The minimum atomic E-state index is -4.30. The van der Waals surface area contributed by atoms with E-state index in [2.05, 4.69) is 6.92 Å². The highest BCUT2D eigenvalue weighted by atomic mass is 19.4. The fraction of sp³-hybridized carbons (Fsp3) is 0.929. The van der Waals surface area contributed by atoms with E-state index in [1.54, 1.807) is 0 Å². The maximum atomic E-state index is 12.5. The van der Waals surface area contributed by atoms with Gasteiger partial charge in [0.1, 0.15) is 5.78 Å². The second-order valence-corrected chi connectivity index (χ2v) is 5.67. The second kappa shape index (κ2) is 7.98. The zero-order chi connectivity index (χ0) is 15.2. The van der Waals surface area contributed by atoms with Gasteiger partial charge in [0.05, 0.1) is 13.2 Å². The van der Waals surface area contributed by atoms with Crippen molar-refractivity contribution in [2.24, 2.45) is 11.8 Å². The number of hydrogen-bond acceptors (Lipinski definition) is 3. The molecule has 1 N–H and O–H groups in total. The minimum absolute atomic E-state index is 0.0399. The molecule has 0 saturated heterocycles. The van der Waals surface area contributed by atoms with E-state index in [1.807, 2.05) is 0 Å². The van der Waals surface area contributed by atoms with Crippen molar-refractivity contribution in [1.82, 2.24) is 4.90 Å². The van der Waals surface area contributed by atoms with Crippen LogP contribution in [0.2, 0.25) is 0 Å². The van der Waals surface area contributed by atoms with Gasteiger partial charge in [-0.2, -0.15) is 13.2 Å². The summed E-state index contributed by atoms with van der Waals surface area (Å²) in [5, 5.41) is 8.87. The zero-order valence-electron chi connectivity index (χ0n) is 12.0. The van der Waals surface area contributed by atoms with Crippen molar-refractivity contribution in [3.05, 3.63) is 0 Å². The average molecular weight is 295 g/mol. The lowest BCUT2D eigenvalue weighted by Gasteiger charge is -2.32. The van der Waals surface area contributed by atoms with Crippen LogP contribution in [0.1, 0.15) is 39.0 Å². The average Bonchev–Trinajstić information content (AvgIpc) is 2.32. The van der Waals surface area contributed by atoms with E-state index in [4.69, 9.17) is 5.11 Å². The monoisotopic (exact) mass is 295 g/mol. The topological polar surface area (TPSA) is 40.5 Å². The number of halogens is 3. The predicted octanol–water partition coefficient (Wildman–Crippen LogP) is 2.63. The molecule has 1 saturated carbocycles. The van der Waals surface area contributed by atoms with Crippen LogP contribution in [0.25, 0.3) is 0 Å². The van der Waals surface area contributed by atoms with Gasteiger partial charge >= 0.3 is 6.18 Å². The summed E-state index contributed by atoms with van der Waals surface area (Å²) in [5.41, 5.74) is 0. The first-order chi connectivity index (χ1) is 9.35. The SMILES string of the molecule is CCCC1CCC(=O)C(CN(CCO)CC(F)(F)F)C1. The maximum absolute atomic E-state index is 12.5. The molecule has 6 heteroatoms.